The summed E-state index contributed by atoms with van der Waals surface area (Å²) in [6.07, 6.45) is 1.44. The molecule has 0 aliphatic carbocycles. The summed E-state index contributed by atoms with van der Waals surface area (Å²) < 4.78 is 0. The van der Waals surface area contributed by atoms with E-state index in [0.29, 0.717) is 0 Å². The minimum Gasteiger partial charge on any atom is -0.316 e. The number of nitro groups is 1. The molecular weight excluding hydrogens is 290 g/mol. The van der Waals surface area contributed by atoms with Crippen LogP contribution in [0.25, 0.3) is 6.08 Å². The van der Waals surface area contributed by atoms with Crippen LogP contribution in [0.4, 0.5) is 11.4 Å². The zero-order chi connectivity index (χ0) is 15.2. The summed E-state index contributed by atoms with van der Waals surface area (Å²) in [5.41, 5.74) is -0.283. The van der Waals surface area contributed by atoms with Crippen LogP contribution in [0.2, 0.25) is 0 Å². The first kappa shape index (κ1) is 14.4. The van der Waals surface area contributed by atoms with Gasteiger partial charge in [0.25, 0.3) is 11.6 Å². The van der Waals surface area contributed by atoms with Crippen LogP contribution < -0.4 is 5.32 Å². The van der Waals surface area contributed by atoms with E-state index in [4.69, 9.17) is 5.26 Å². The Morgan fingerprint density at radius 3 is 2.71 bits per heavy atom. The number of benzene rings is 1. The van der Waals surface area contributed by atoms with Gasteiger partial charge in [0.05, 0.1) is 4.92 Å². The second-order valence-corrected chi connectivity index (χ2v) is 4.89. The van der Waals surface area contributed by atoms with Crippen LogP contribution in [0.15, 0.2) is 47.4 Å². The van der Waals surface area contributed by atoms with Gasteiger partial charge < -0.3 is 5.32 Å². The molecule has 0 saturated carbocycles. The Hall–Kier alpha value is -2.98. The molecule has 21 heavy (non-hydrogen) atoms. The van der Waals surface area contributed by atoms with E-state index in [9.17, 15) is 14.9 Å². The first-order valence-corrected chi connectivity index (χ1v) is 6.70. The molecule has 0 spiro atoms. The van der Waals surface area contributed by atoms with Crippen LogP contribution in [0.3, 0.4) is 0 Å². The summed E-state index contributed by atoms with van der Waals surface area (Å²) in [7, 11) is 0. The SMILES string of the molecule is N#CC(=Cc1cccs1)C(=O)Nc1ccccc1[N+](=O)[O-]. The van der Waals surface area contributed by atoms with Crippen molar-refractivity contribution < 1.29 is 9.72 Å². The van der Waals surface area contributed by atoms with E-state index >= 15 is 0 Å². The van der Waals surface area contributed by atoms with Crippen LogP contribution in [0.5, 0.6) is 0 Å². The number of rotatable bonds is 4. The van der Waals surface area contributed by atoms with Crippen LogP contribution in [-0.4, -0.2) is 10.8 Å². The molecule has 1 amide bonds. The maximum atomic E-state index is 12.0. The van der Waals surface area contributed by atoms with Crippen molar-refractivity contribution >= 4 is 34.7 Å². The number of carbonyl (C=O) groups is 1. The van der Waals surface area contributed by atoms with Crippen molar-refractivity contribution in [2.45, 2.75) is 0 Å². The molecule has 0 bridgehead atoms. The highest BCUT2D eigenvalue weighted by Gasteiger charge is 2.17. The van der Waals surface area contributed by atoms with Crippen molar-refractivity contribution in [3.8, 4) is 6.07 Å². The van der Waals surface area contributed by atoms with Crippen molar-refractivity contribution in [1.29, 1.82) is 5.26 Å². The largest absolute Gasteiger partial charge is 0.316 e. The molecule has 2 rings (SSSR count). The quantitative estimate of drug-likeness (QED) is 0.406. The highest BCUT2D eigenvalue weighted by molar-refractivity contribution is 7.10. The molecule has 0 aliphatic heterocycles. The number of nitrogens with zero attached hydrogens (tertiary/aromatic N) is 2. The number of hydrogen-bond acceptors (Lipinski definition) is 5. The Kier molecular flexibility index (Phi) is 4.43. The fourth-order valence-electron chi connectivity index (χ4n) is 1.59. The fourth-order valence-corrected chi connectivity index (χ4v) is 2.25. The lowest BCUT2D eigenvalue weighted by atomic mass is 10.2. The van der Waals surface area contributed by atoms with E-state index in [1.807, 2.05) is 5.38 Å². The van der Waals surface area contributed by atoms with Crippen LogP contribution in [0.1, 0.15) is 4.88 Å². The van der Waals surface area contributed by atoms with Crippen molar-refractivity contribution in [2.75, 3.05) is 5.32 Å². The zero-order valence-electron chi connectivity index (χ0n) is 10.6. The minimum absolute atomic E-state index is 0.0554. The number of nitrogens with one attached hydrogen (secondary N) is 1. The summed E-state index contributed by atoms with van der Waals surface area (Å²) in [5, 5.41) is 24.1. The molecule has 0 atom stereocenters. The number of nitro benzene ring substituents is 1. The Morgan fingerprint density at radius 2 is 2.10 bits per heavy atom. The van der Waals surface area contributed by atoms with Gasteiger partial charge in [-0.3, -0.25) is 14.9 Å². The Labute approximate surface area is 124 Å². The Bertz CT molecular complexity index is 745. The predicted molar refractivity (Wildman–Crippen MR) is 79.6 cm³/mol. The van der Waals surface area contributed by atoms with Gasteiger partial charge in [-0.05, 0) is 23.6 Å². The number of anilines is 1. The summed E-state index contributed by atoms with van der Waals surface area (Å²) in [6.45, 7) is 0. The molecule has 1 aromatic heterocycles. The molecule has 1 heterocycles. The number of hydrogen-bond donors (Lipinski definition) is 1. The molecule has 0 fully saturated rings. The third-order valence-corrected chi connectivity index (χ3v) is 3.36. The molecule has 7 heteroatoms. The molecule has 2 aromatic rings. The molecule has 104 valence electrons. The Morgan fingerprint density at radius 1 is 1.33 bits per heavy atom. The Balaban J connectivity index is 2.25. The molecule has 0 aliphatic rings. The van der Waals surface area contributed by atoms with Gasteiger partial charge in [0.15, 0.2) is 0 Å². The van der Waals surface area contributed by atoms with Crippen LogP contribution >= 0.6 is 11.3 Å². The molecule has 6 nitrogen and oxygen atoms in total. The number of thiophene rings is 1. The van der Waals surface area contributed by atoms with Crippen molar-refractivity contribution in [1.82, 2.24) is 0 Å². The maximum absolute atomic E-state index is 12.0. The second-order valence-electron chi connectivity index (χ2n) is 3.91. The highest BCUT2D eigenvalue weighted by atomic mass is 32.1. The normalized spacial score (nSPS) is 10.7. The molecule has 1 aromatic carbocycles. The smallest absolute Gasteiger partial charge is 0.292 e. The van der Waals surface area contributed by atoms with E-state index in [1.165, 1.54) is 35.6 Å². The van der Waals surface area contributed by atoms with E-state index in [1.54, 1.807) is 24.3 Å². The van der Waals surface area contributed by atoms with Gasteiger partial charge in [-0.15, -0.1) is 11.3 Å². The van der Waals surface area contributed by atoms with Gasteiger partial charge in [0.1, 0.15) is 17.3 Å². The van der Waals surface area contributed by atoms with Gasteiger partial charge in [-0.25, -0.2) is 0 Å². The van der Waals surface area contributed by atoms with Crippen LogP contribution in [0, 0.1) is 21.4 Å². The molecule has 1 N–H and O–H groups in total. The highest BCUT2D eigenvalue weighted by Crippen LogP contribution is 2.24. The summed E-state index contributed by atoms with van der Waals surface area (Å²) in [6, 6.07) is 11.1. The average molecular weight is 299 g/mol. The fraction of sp³-hybridized carbons (Fsp3) is 0. The molecule has 0 radical (unpaired) electrons. The zero-order valence-corrected chi connectivity index (χ0v) is 11.5. The van der Waals surface area contributed by atoms with Crippen molar-refractivity contribution in [3.05, 3.63) is 62.3 Å². The molecule has 0 unspecified atom stereocenters. The van der Waals surface area contributed by atoms with Gasteiger partial charge in [-0.1, -0.05) is 18.2 Å². The number of carbonyl (C=O) groups excluding carboxylic acids is 1. The van der Waals surface area contributed by atoms with E-state index in [-0.39, 0.29) is 16.9 Å². The van der Waals surface area contributed by atoms with Gasteiger partial charge in [0, 0.05) is 10.9 Å². The predicted octanol–water partition coefficient (Wildman–Crippen LogP) is 3.20. The summed E-state index contributed by atoms with van der Waals surface area (Å²) in [5.74, 6) is -0.680. The maximum Gasteiger partial charge on any atom is 0.292 e. The third-order valence-electron chi connectivity index (χ3n) is 2.54. The van der Waals surface area contributed by atoms with E-state index < -0.39 is 10.8 Å². The number of nitriles is 1. The number of para-hydroxylation sites is 2. The second kappa shape index (κ2) is 6.45. The third kappa shape index (κ3) is 3.52. The average Bonchev–Trinajstić information content (AvgIpc) is 2.98. The minimum atomic E-state index is -0.680. The van der Waals surface area contributed by atoms with Gasteiger partial charge in [0.2, 0.25) is 0 Å². The van der Waals surface area contributed by atoms with Gasteiger partial charge >= 0.3 is 0 Å². The summed E-state index contributed by atoms with van der Waals surface area (Å²) >= 11 is 1.38. The molecule has 0 saturated heterocycles. The van der Waals surface area contributed by atoms with Crippen molar-refractivity contribution in [2.24, 2.45) is 0 Å². The van der Waals surface area contributed by atoms with Gasteiger partial charge in [-0.2, -0.15) is 5.26 Å². The first-order valence-electron chi connectivity index (χ1n) is 5.82. The lowest BCUT2D eigenvalue weighted by Gasteiger charge is -2.04. The lowest BCUT2D eigenvalue weighted by Crippen LogP contribution is -2.14. The van der Waals surface area contributed by atoms with E-state index in [2.05, 4.69) is 5.32 Å². The topological polar surface area (TPSA) is 96.0 Å². The monoisotopic (exact) mass is 299 g/mol. The van der Waals surface area contributed by atoms with E-state index in [0.717, 1.165) is 4.88 Å². The molecular formula is C14H9N3O3S. The lowest BCUT2D eigenvalue weighted by molar-refractivity contribution is -0.383. The summed E-state index contributed by atoms with van der Waals surface area (Å²) in [4.78, 5) is 23.1. The van der Waals surface area contributed by atoms with Crippen LogP contribution in [-0.2, 0) is 4.79 Å². The first-order chi connectivity index (χ1) is 10.1. The van der Waals surface area contributed by atoms with Crippen molar-refractivity contribution in [3.63, 3.8) is 0 Å². The number of amides is 1. The standard InChI is InChI=1S/C14H9N3O3S/c15-9-10(8-11-4-3-7-21-11)14(18)16-12-5-1-2-6-13(12)17(19)20/h1-8H,(H,16,18).